The number of esters is 1. The Morgan fingerprint density at radius 2 is 2.07 bits per heavy atom. The van der Waals surface area contributed by atoms with Crippen LogP contribution >= 0.6 is 11.6 Å². The average molecular weight is 424 g/mol. The molecule has 3 heterocycles. The summed E-state index contributed by atoms with van der Waals surface area (Å²) in [6.45, 7) is 11.4. The Hall–Kier alpha value is -1.86. The standard InChI is InChI=1S/C21H30ClN3O4/c1-13(2)10-16(18-20(27)29-21(4,5)28-18)19(26)25-9-8-24(12-14(25)3)17-7-6-15(22)11-23-17/h6-7,11,13-14,16,18H,8-10,12H2,1-5H3/t14-,16+,18+/m1/s1. The first-order chi connectivity index (χ1) is 13.6. The number of piperazine rings is 1. The highest BCUT2D eigenvalue weighted by atomic mass is 35.5. The van der Waals surface area contributed by atoms with Crippen molar-refractivity contribution >= 4 is 29.3 Å². The van der Waals surface area contributed by atoms with Crippen LogP contribution in [-0.2, 0) is 19.1 Å². The third-order valence-corrected chi connectivity index (χ3v) is 5.57. The molecule has 160 valence electrons. The minimum atomic E-state index is -0.998. The number of halogens is 1. The van der Waals surface area contributed by atoms with Gasteiger partial charge in [0.2, 0.25) is 11.7 Å². The second-order valence-electron chi connectivity index (χ2n) is 8.76. The van der Waals surface area contributed by atoms with Crippen LogP contribution in [0.5, 0.6) is 0 Å². The van der Waals surface area contributed by atoms with Crippen molar-refractivity contribution in [2.75, 3.05) is 24.5 Å². The Kier molecular flexibility index (Phi) is 6.39. The highest BCUT2D eigenvalue weighted by molar-refractivity contribution is 6.30. The normalized spacial score (nSPS) is 25.3. The van der Waals surface area contributed by atoms with E-state index < -0.39 is 23.8 Å². The largest absolute Gasteiger partial charge is 0.432 e. The molecule has 0 aliphatic carbocycles. The average Bonchev–Trinajstić information content (AvgIpc) is 2.91. The number of carbonyl (C=O) groups excluding carboxylic acids is 2. The fraction of sp³-hybridized carbons (Fsp3) is 0.667. The minimum Gasteiger partial charge on any atom is -0.432 e. The zero-order valence-corrected chi connectivity index (χ0v) is 18.5. The van der Waals surface area contributed by atoms with Crippen molar-refractivity contribution in [2.24, 2.45) is 11.8 Å². The van der Waals surface area contributed by atoms with Crippen LogP contribution in [-0.4, -0.2) is 59.3 Å². The molecule has 7 nitrogen and oxygen atoms in total. The Bertz CT molecular complexity index is 753. The highest BCUT2D eigenvalue weighted by Crippen LogP contribution is 2.33. The van der Waals surface area contributed by atoms with Gasteiger partial charge in [-0.25, -0.2) is 9.78 Å². The van der Waals surface area contributed by atoms with Gasteiger partial charge in [0.1, 0.15) is 5.82 Å². The van der Waals surface area contributed by atoms with Gasteiger partial charge in [0.15, 0.2) is 6.10 Å². The lowest BCUT2D eigenvalue weighted by molar-refractivity contribution is -0.163. The van der Waals surface area contributed by atoms with Crippen LogP contribution in [0.1, 0.15) is 41.0 Å². The van der Waals surface area contributed by atoms with Crippen molar-refractivity contribution in [3.8, 4) is 0 Å². The minimum absolute atomic E-state index is 0.0196. The maximum atomic E-state index is 13.5. The van der Waals surface area contributed by atoms with E-state index >= 15 is 0 Å². The number of aromatic nitrogens is 1. The number of hydrogen-bond acceptors (Lipinski definition) is 6. The number of anilines is 1. The van der Waals surface area contributed by atoms with Crippen LogP contribution in [0.2, 0.25) is 5.02 Å². The van der Waals surface area contributed by atoms with Gasteiger partial charge in [0.05, 0.1) is 10.9 Å². The number of hydrogen-bond donors (Lipinski definition) is 0. The lowest BCUT2D eigenvalue weighted by Gasteiger charge is -2.42. The van der Waals surface area contributed by atoms with Crippen molar-refractivity contribution in [1.82, 2.24) is 9.88 Å². The van der Waals surface area contributed by atoms with E-state index in [2.05, 4.69) is 9.88 Å². The van der Waals surface area contributed by atoms with E-state index in [1.807, 2.05) is 37.8 Å². The lowest BCUT2D eigenvalue weighted by atomic mass is 9.90. The number of nitrogens with zero attached hydrogens (tertiary/aromatic N) is 3. The maximum Gasteiger partial charge on any atom is 0.338 e. The number of pyridine rings is 1. The van der Waals surface area contributed by atoms with Crippen LogP contribution in [0.3, 0.4) is 0 Å². The van der Waals surface area contributed by atoms with E-state index in [0.717, 1.165) is 5.82 Å². The summed E-state index contributed by atoms with van der Waals surface area (Å²) >= 11 is 5.93. The number of carbonyl (C=O) groups is 2. The molecule has 0 N–H and O–H groups in total. The van der Waals surface area contributed by atoms with Gasteiger partial charge in [0, 0.05) is 45.7 Å². The molecule has 1 aromatic heterocycles. The van der Waals surface area contributed by atoms with Crippen molar-refractivity contribution in [3.05, 3.63) is 23.4 Å². The molecule has 0 spiro atoms. The van der Waals surface area contributed by atoms with E-state index in [1.165, 1.54) is 0 Å². The van der Waals surface area contributed by atoms with Gasteiger partial charge < -0.3 is 19.3 Å². The molecule has 0 unspecified atom stereocenters. The summed E-state index contributed by atoms with van der Waals surface area (Å²) in [5.74, 6) is -0.954. The van der Waals surface area contributed by atoms with Crippen molar-refractivity contribution in [2.45, 2.75) is 59.0 Å². The molecule has 2 aliphatic heterocycles. The molecule has 0 bridgehead atoms. The smallest absolute Gasteiger partial charge is 0.338 e. The van der Waals surface area contributed by atoms with Crippen LogP contribution in [0, 0.1) is 11.8 Å². The summed E-state index contributed by atoms with van der Waals surface area (Å²) in [6, 6.07) is 3.68. The van der Waals surface area contributed by atoms with Crippen molar-refractivity contribution in [1.29, 1.82) is 0 Å². The topological polar surface area (TPSA) is 72.0 Å². The first kappa shape index (κ1) is 21.8. The van der Waals surface area contributed by atoms with Gasteiger partial charge in [0.25, 0.3) is 0 Å². The molecular weight excluding hydrogens is 394 g/mol. The number of amides is 1. The lowest BCUT2D eigenvalue weighted by Crippen LogP contribution is -2.57. The van der Waals surface area contributed by atoms with E-state index in [-0.39, 0.29) is 17.9 Å². The fourth-order valence-corrected chi connectivity index (χ4v) is 4.16. The predicted molar refractivity (Wildman–Crippen MR) is 111 cm³/mol. The second kappa shape index (κ2) is 8.48. The molecule has 2 fully saturated rings. The summed E-state index contributed by atoms with van der Waals surface area (Å²) in [4.78, 5) is 34.2. The number of ether oxygens (including phenoxy) is 2. The molecule has 8 heteroatoms. The van der Waals surface area contributed by atoms with Gasteiger partial charge in [-0.3, -0.25) is 4.79 Å². The molecule has 3 rings (SSSR count). The number of cyclic esters (lactones) is 1. The molecule has 2 aliphatic rings. The molecule has 0 aromatic carbocycles. The van der Waals surface area contributed by atoms with E-state index in [9.17, 15) is 9.59 Å². The second-order valence-corrected chi connectivity index (χ2v) is 9.19. The first-order valence-electron chi connectivity index (χ1n) is 10.1. The summed E-state index contributed by atoms with van der Waals surface area (Å²) in [7, 11) is 0. The van der Waals surface area contributed by atoms with Gasteiger partial charge in [-0.05, 0) is 31.4 Å². The summed E-state index contributed by atoms with van der Waals surface area (Å²) in [6.07, 6.45) is 1.34. The molecular formula is C21H30ClN3O4. The Labute approximate surface area is 177 Å². The van der Waals surface area contributed by atoms with E-state index in [4.69, 9.17) is 21.1 Å². The Morgan fingerprint density at radius 3 is 2.59 bits per heavy atom. The molecule has 29 heavy (non-hydrogen) atoms. The van der Waals surface area contributed by atoms with Crippen LogP contribution in [0.15, 0.2) is 18.3 Å². The van der Waals surface area contributed by atoms with Gasteiger partial charge in [-0.2, -0.15) is 0 Å². The maximum absolute atomic E-state index is 13.5. The molecule has 0 saturated carbocycles. The Morgan fingerprint density at radius 1 is 1.34 bits per heavy atom. The summed E-state index contributed by atoms with van der Waals surface area (Å²) in [5.41, 5.74) is 0. The third-order valence-electron chi connectivity index (χ3n) is 5.34. The van der Waals surface area contributed by atoms with Crippen molar-refractivity contribution < 1.29 is 19.1 Å². The van der Waals surface area contributed by atoms with E-state index in [1.54, 1.807) is 20.0 Å². The monoisotopic (exact) mass is 423 g/mol. The quantitative estimate of drug-likeness (QED) is 0.677. The highest BCUT2D eigenvalue weighted by Gasteiger charge is 2.49. The molecule has 1 amide bonds. The van der Waals surface area contributed by atoms with Gasteiger partial charge >= 0.3 is 5.97 Å². The zero-order valence-electron chi connectivity index (χ0n) is 17.7. The molecule has 0 radical (unpaired) electrons. The summed E-state index contributed by atoms with van der Waals surface area (Å²) in [5, 5.41) is 0.596. The van der Waals surface area contributed by atoms with Gasteiger partial charge in [-0.15, -0.1) is 0 Å². The summed E-state index contributed by atoms with van der Waals surface area (Å²) < 4.78 is 11.1. The van der Waals surface area contributed by atoms with Crippen LogP contribution in [0.25, 0.3) is 0 Å². The van der Waals surface area contributed by atoms with Crippen LogP contribution < -0.4 is 4.90 Å². The van der Waals surface area contributed by atoms with Gasteiger partial charge in [-0.1, -0.05) is 25.4 Å². The molecule has 3 atom stereocenters. The fourth-order valence-electron chi connectivity index (χ4n) is 4.05. The SMILES string of the molecule is CC(C)C[C@H](C(=O)N1CCN(c2ccc(Cl)cn2)C[C@H]1C)[C@@H]1OC(C)(C)OC1=O. The van der Waals surface area contributed by atoms with Crippen LogP contribution in [0.4, 0.5) is 5.82 Å². The van der Waals surface area contributed by atoms with Crippen molar-refractivity contribution in [3.63, 3.8) is 0 Å². The third kappa shape index (κ3) is 5.01. The molecule has 2 saturated heterocycles. The van der Waals surface area contributed by atoms with E-state index in [0.29, 0.717) is 31.1 Å². The Balaban J connectivity index is 1.73. The molecule has 1 aromatic rings. The zero-order chi connectivity index (χ0) is 21.3. The predicted octanol–water partition coefficient (Wildman–Crippen LogP) is 3.11. The first-order valence-corrected chi connectivity index (χ1v) is 10.5. The number of rotatable bonds is 5.